The molecule has 0 fully saturated rings. The lowest BCUT2D eigenvalue weighted by Crippen LogP contribution is -2.78. The van der Waals surface area contributed by atoms with Crippen LogP contribution in [0.25, 0.3) is 0 Å². The van der Waals surface area contributed by atoms with Gasteiger partial charge in [-0.25, -0.2) is 0 Å². The van der Waals surface area contributed by atoms with Crippen LogP contribution in [0.3, 0.4) is 0 Å². The molecular formula is C11H3F23NO3S+2. The van der Waals surface area contributed by atoms with Gasteiger partial charge in [0.15, 0.2) is 0 Å². The molecule has 0 saturated carbocycles. The van der Waals surface area contributed by atoms with Crippen LogP contribution in [0.5, 0.6) is 0 Å². The Bertz CT molecular complexity index is 969. The normalized spacial score (nSPS) is 18.3. The Hall–Kier alpha value is -1.58. The van der Waals surface area contributed by atoms with Crippen molar-refractivity contribution in [1.29, 1.82) is 0 Å². The van der Waals surface area contributed by atoms with Gasteiger partial charge in [0.2, 0.25) is 0 Å². The van der Waals surface area contributed by atoms with Crippen LogP contribution in [-0.4, -0.2) is 64.7 Å². The number of hydrogen-bond donors (Lipinski definition) is 1. The quantitative estimate of drug-likeness (QED) is 0.172. The van der Waals surface area contributed by atoms with E-state index in [0.717, 1.165) is 0 Å². The molecule has 0 heterocycles. The molecule has 0 aromatic heterocycles. The number of hydrogen-bond acceptors (Lipinski definition) is 2. The molecule has 0 aliphatic rings. The zero-order valence-corrected chi connectivity index (χ0v) is 17.3. The van der Waals surface area contributed by atoms with Gasteiger partial charge in [0.05, 0.1) is 8.84 Å². The van der Waals surface area contributed by atoms with E-state index in [0.29, 0.717) is 0 Å². The molecule has 3 N–H and O–H groups in total. The predicted octanol–water partition coefficient (Wildman–Crippen LogP) is 5.79. The molecule has 4 nitrogen and oxygen atoms in total. The highest BCUT2D eigenvalue weighted by atomic mass is 32.3. The van der Waals surface area contributed by atoms with Gasteiger partial charge in [0, 0.05) is 0 Å². The number of quaternary nitrogens is 1. The van der Waals surface area contributed by atoms with Crippen LogP contribution < -0.4 is 5.90 Å². The molecule has 1 unspecified atom stereocenters. The Balaban J connectivity index is 7.34. The molecule has 0 aliphatic heterocycles. The van der Waals surface area contributed by atoms with E-state index < -0.39 is 75.2 Å². The summed E-state index contributed by atoms with van der Waals surface area (Å²) in [6.07, 6.45) is -8.15. The second kappa shape index (κ2) is 8.96. The first-order valence-electron chi connectivity index (χ1n) is 7.84. The number of rotatable bonds is 11. The monoisotopic (exact) mass is 666 g/mol. The van der Waals surface area contributed by atoms with Gasteiger partial charge in [-0.05, 0) is 4.21 Å². The molecule has 1 radical (unpaired) electrons. The third-order valence-electron chi connectivity index (χ3n) is 4.35. The highest BCUT2D eigenvalue weighted by Crippen LogP contribution is 2.67. The maximum atomic E-state index is 13.5. The fourth-order valence-electron chi connectivity index (χ4n) is 1.97. The van der Waals surface area contributed by atoms with Crippen molar-refractivity contribution in [2.45, 2.75) is 64.7 Å². The minimum atomic E-state index is -9.56. The summed E-state index contributed by atoms with van der Waals surface area (Å²) in [5, 5.41) is -7.98. The summed E-state index contributed by atoms with van der Waals surface area (Å²) in [6.45, 7) is 0. The highest BCUT2D eigenvalue weighted by molar-refractivity contribution is 7.93. The van der Waals surface area contributed by atoms with Crippen molar-refractivity contribution < 1.29 is 120 Å². The van der Waals surface area contributed by atoms with E-state index in [9.17, 15) is 110 Å². The van der Waals surface area contributed by atoms with Crippen LogP contribution in [0.4, 0.5) is 101 Å². The summed E-state index contributed by atoms with van der Waals surface area (Å²) < 4.78 is 325. The summed E-state index contributed by atoms with van der Waals surface area (Å²) in [6, 6.07) is 0. The van der Waals surface area contributed by atoms with E-state index in [4.69, 9.17) is 0 Å². The molecule has 0 bridgehead atoms. The summed E-state index contributed by atoms with van der Waals surface area (Å²) >= 11 is 0. The first kappa shape index (κ1) is 37.4. The molecule has 0 saturated heterocycles. The van der Waals surface area contributed by atoms with Crippen LogP contribution in [0.15, 0.2) is 0 Å². The zero-order chi connectivity index (χ0) is 32.7. The molecule has 0 aromatic carbocycles. The van der Waals surface area contributed by atoms with E-state index in [2.05, 4.69) is 4.28 Å². The molecule has 235 valence electrons. The van der Waals surface area contributed by atoms with Crippen molar-refractivity contribution in [3.05, 3.63) is 0 Å². The van der Waals surface area contributed by atoms with Crippen LogP contribution in [0, 0.1) is 0 Å². The van der Waals surface area contributed by atoms with Crippen molar-refractivity contribution in [1.82, 2.24) is 0 Å². The fourth-order valence-corrected chi connectivity index (χ4v) is 2.56. The lowest BCUT2D eigenvalue weighted by Gasteiger charge is -2.44. The van der Waals surface area contributed by atoms with E-state index in [1.165, 1.54) is 5.90 Å². The Morgan fingerprint density at radius 3 is 0.744 bits per heavy atom. The maximum Gasteiger partial charge on any atom is 0.554 e. The van der Waals surface area contributed by atoms with E-state index in [1.807, 2.05) is 0 Å². The standard InChI is InChI=1S/C11H3F23NO3S/c12-1(13,2(14,15)4(18,19)6(22,23)8(26,27)10(30,31)32)3(16,17)5(20,21)7(24,25)9(28,29)11(33,34)39(36,37)38-35/h35H3/q+2. The van der Waals surface area contributed by atoms with Crippen LogP contribution in [-0.2, 0) is 23.5 Å². The molecule has 28 heteroatoms. The smallest absolute Gasteiger partial charge is 0.192 e. The van der Waals surface area contributed by atoms with Crippen LogP contribution in [0.1, 0.15) is 0 Å². The largest absolute Gasteiger partial charge is 0.554 e. The Kier molecular flexibility index (Phi) is 8.59. The second-order valence-electron chi connectivity index (χ2n) is 6.76. The average Bonchev–Trinajstić information content (AvgIpc) is 2.71. The molecule has 39 heavy (non-hydrogen) atoms. The first-order valence-corrected chi connectivity index (χ1v) is 9.25. The number of alkyl halides is 23. The minimum absolute atomic E-state index is 1.39. The van der Waals surface area contributed by atoms with Crippen molar-refractivity contribution in [2.24, 2.45) is 0 Å². The van der Waals surface area contributed by atoms with Crippen molar-refractivity contribution in [3.8, 4) is 0 Å². The Morgan fingerprint density at radius 2 is 0.564 bits per heavy atom. The van der Waals surface area contributed by atoms with Crippen molar-refractivity contribution >= 4 is 10.5 Å². The van der Waals surface area contributed by atoms with Crippen molar-refractivity contribution in [2.75, 3.05) is 0 Å². The molecule has 0 aromatic rings. The molecule has 0 rings (SSSR count). The summed E-state index contributed by atoms with van der Waals surface area (Å²) in [4.78, 5) is 0. The van der Waals surface area contributed by atoms with Gasteiger partial charge >= 0.3 is 75.2 Å². The first-order chi connectivity index (χ1) is 16.3. The number of halogens is 23. The van der Waals surface area contributed by atoms with E-state index in [1.54, 1.807) is 0 Å². The molecule has 0 aliphatic carbocycles. The maximum absolute atomic E-state index is 13.5. The van der Waals surface area contributed by atoms with Gasteiger partial charge in [-0.3, -0.25) is 0 Å². The van der Waals surface area contributed by atoms with Gasteiger partial charge < -0.3 is 0 Å². The second-order valence-corrected chi connectivity index (χ2v) is 8.41. The third kappa shape index (κ3) is 4.28. The summed E-state index contributed by atoms with van der Waals surface area (Å²) in [7, 11) is -7.78. The summed E-state index contributed by atoms with van der Waals surface area (Å²) in [5.41, 5.74) is 0. The SMILES string of the molecule is [NH3+]O[S+]([O])(=O)C(F)(F)C(F)(F)C(F)(F)C(F)(F)C(F)(F)C(F)(F)C(F)(F)C(F)(F)C(F)(F)C(F)(F)C(F)(F)F. The fraction of sp³-hybridized carbons (Fsp3) is 1.00. The Labute approximate surface area is 196 Å². The molecule has 1 atom stereocenters. The lowest BCUT2D eigenvalue weighted by molar-refractivity contribution is -0.639. The molecule has 0 spiro atoms. The molecular weight excluding hydrogens is 663 g/mol. The molecule has 0 amide bonds. The predicted molar refractivity (Wildman–Crippen MR) is 68.2 cm³/mol. The lowest BCUT2D eigenvalue weighted by atomic mass is 9.86. The van der Waals surface area contributed by atoms with Crippen LogP contribution in [0.2, 0.25) is 0 Å². The highest BCUT2D eigenvalue weighted by Gasteiger charge is 3.01. The van der Waals surface area contributed by atoms with Gasteiger partial charge in [-0.2, -0.15) is 98.1 Å². The van der Waals surface area contributed by atoms with E-state index in [-0.39, 0.29) is 0 Å². The van der Waals surface area contributed by atoms with E-state index >= 15 is 0 Å². The zero-order valence-electron chi connectivity index (χ0n) is 16.5. The van der Waals surface area contributed by atoms with Gasteiger partial charge in [-0.1, -0.05) is 0 Å². The van der Waals surface area contributed by atoms with Gasteiger partial charge in [0.1, 0.15) is 0 Å². The minimum Gasteiger partial charge on any atom is -0.192 e. The summed E-state index contributed by atoms with van der Waals surface area (Å²) in [5.74, 6) is -81.5. The Morgan fingerprint density at radius 1 is 0.385 bits per heavy atom. The van der Waals surface area contributed by atoms with Gasteiger partial charge in [-0.15, -0.1) is 8.78 Å². The topological polar surface area (TPSA) is 73.8 Å². The van der Waals surface area contributed by atoms with Crippen molar-refractivity contribution in [3.63, 3.8) is 0 Å². The van der Waals surface area contributed by atoms with Crippen LogP contribution >= 0.6 is 0 Å². The average molecular weight is 666 g/mol. The third-order valence-corrected chi connectivity index (χ3v) is 5.54. The van der Waals surface area contributed by atoms with Gasteiger partial charge in [0.25, 0.3) is 0 Å².